The molecule has 0 saturated carbocycles. The van der Waals surface area contributed by atoms with Gasteiger partial charge in [0.15, 0.2) is 0 Å². The lowest BCUT2D eigenvalue weighted by atomic mass is 10.5. The lowest BCUT2D eigenvalue weighted by Crippen LogP contribution is -2.36. The predicted octanol–water partition coefficient (Wildman–Crippen LogP) is 0.513. The fourth-order valence-electron chi connectivity index (χ4n) is 1.34. The maximum atomic E-state index is 11.4. The molecule has 0 aromatic carbocycles. The number of carbonyl (C=O) groups is 1. The monoisotopic (exact) mass is 290 g/mol. The van der Waals surface area contributed by atoms with Crippen molar-refractivity contribution in [2.24, 2.45) is 0 Å². The Morgan fingerprint density at radius 3 is 2.30 bits per heavy atom. The normalized spacial score (nSPS) is 11.3. The Hall–Kier alpha value is -0.690. The number of carbonyl (C=O) groups excluding carboxylic acids is 1. The molecule has 0 aliphatic heterocycles. The molecule has 0 rings (SSSR count). The molecule has 0 aliphatic carbocycles. The minimum Gasteiger partial charge on any atom is -0.377 e. The first kappa shape index (κ1) is 19.3. The topological polar surface area (TPSA) is 60.0 Å². The highest BCUT2D eigenvalue weighted by Gasteiger charge is 2.03. The predicted molar refractivity (Wildman–Crippen MR) is 78.9 cm³/mol. The van der Waals surface area contributed by atoms with Crippen molar-refractivity contribution < 1.29 is 19.0 Å². The number of rotatable bonds is 13. The van der Waals surface area contributed by atoms with Gasteiger partial charge in [-0.1, -0.05) is 6.92 Å². The van der Waals surface area contributed by atoms with Crippen molar-refractivity contribution in [1.29, 1.82) is 0 Å². The van der Waals surface area contributed by atoms with Crippen molar-refractivity contribution in [2.75, 3.05) is 59.7 Å². The van der Waals surface area contributed by atoms with E-state index in [2.05, 4.69) is 5.32 Å². The SMILES string of the molecule is CCN(C)CC(=O)NCCOCCOCCOC(C)C. The molecule has 6 heteroatoms. The molecular formula is C14H30N2O4. The van der Waals surface area contributed by atoms with Gasteiger partial charge >= 0.3 is 0 Å². The van der Waals surface area contributed by atoms with E-state index in [1.165, 1.54) is 0 Å². The number of hydrogen-bond donors (Lipinski definition) is 1. The van der Waals surface area contributed by atoms with Crippen LogP contribution in [0.3, 0.4) is 0 Å². The highest BCUT2D eigenvalue weighted by Crippen LogP contribution is 1.87. The second-order valence-corrected chi connectivity index (χ2v) is 4.82. The zero-order chi connectivity index (χ0) is 15.2. The Kier molecular flexibility index (Phi) is 12.8. The van der Waals surface area contributed by atoms with Crippen LogP contribution in [-0.4, -0.2) is 76.6 Å². The van der Waals surface area contributed by atoms with E-state index in [1.54, 1.807) is 0 Å². The Morgan fingerprint density at radius 2 is 1.70 bits per heavy atom. The molecule has 120 valence electrons. The smallest absolute Gasteiger partial charge is 0.234 e. The molecule has 0 atom stereocenters. The third-order valence-electron chi connectivity index (χ3n) is 2.57. The van der Waals surface area contributed by atoms with Crippen LogP contribution in [0.2, 0.25) is 0 Å². The fraction of sp³-hybridized carbons (Fsp3) is 0.929. The van der Waals surface area contributed by atoms with Crippen LogP contribution in [0.15, 0.2) is 0 Å². The van der Waals surface area contributed by atoms with Crippen LogP contribution in [0.5, 0.6) is 0 Å². The van der Waals surface area contributed by atoms with Crippen molar-refractivity contribution >= 4 is 5.91 Å². The Balaban J connectivity index is 3.18. The van der Waals surface area contributed by atoms with E-state index in [1.807, 2.05) is 32.7 Å². The number of amides is 1. The molecule has 0 aromatic heterocycles. The minimum atomic E-state index is 0.0278. The average molecular weight is 290 g/mol. The van der Waals surface area contributed by atoms with E-state index < -0.39 is 0 Å². The van der Waals surface area contributed by atoms with Gasteiger partial charge in [-0.3, -0.25) is 9.69 Å². The largest absolute Gasteiger partial charge is 0.377 e. The molecule has 0 spiro atoms. The van der Waals surface area contributed by atoms with Crippen LogP contribution in [0.25, 0.3) is 0 Å². The number of likely N-dealkylation sites (N-methyl/N-ethyl adjacent to an activating group) is 1. The standard InChI is InChI=1S/C14H30N2O4/c1-5-16(4)12-14(17)15-6-7-18-8-9-19-10-11-20-13(2)3/h13H,5-12H2,1-4H3,(H,15,17). The third-order valence-corrected chi connectivity index (χ3v) is 2.57. The number of nitrogens with one attached hydrogen (secondary N) is 1. The number of ether oxygens (including phenoxy) is 3. The van der Waals surface area contributed by atoms with Crippen molar-refractivity contribution in [3.63, 3.8) is 0 Å². The lowest BCUT2D eigenvalue weighted by Gasteiger charge is -2.13. The summed E-state index contributed by atoms with van der Waals surface area (Å²) in [4.78, 5) is 13.4. The summed E-state index contributed by atoms with van der Waals surface area (Å²) in [5.74, 6) is 0.0278. The Morgan fingerprint density at radius 1 is 1.10 bits per heavy atom. The first-order valence-electron chi connectivity index (χ1n) is 7.28. The first-order valence-corrected chi connectivity index (χ1v) is 7.28. The molecule has 6 nitrogen and oxygen atoms in total. The minimum absolute atomic E-state index is 0.0278. The maximum Gasteiger partial charge on any atom is 0.234 e. The number of hydrogen-bond acceptors (Lipinski definition) is 5. The summed E-state index contributed by atoms with van der Waals surface area (Å²) in [7, 11) is 1.91. The molecule has 20 heavy (non-hydrogen) atoms. The van der Waals surface area contributed by atoms with Gasteiger partial charge < -0.3 is 19.5 Å². The quantitative estimate of drug-likeness (QED) is 0.501. The van der Waals surface area contributed by atoms with Crippen LogP contribution >= 0.6 is 0 Å². The van der Waals surface area contributed by atoms with Crippen LogP contribution in [0.1, 0.15) is 20.8 Å². The van der Waals surface area contributed by atoms with Gasteiger partial charge in [0.1, 0.15) is 0 Å². The second-order valence-electron chi connectivity index (χ2n) is 4.82. The highest BCUT2D eigenvalue weighted by molar-refractivity contribution is 5.77. The van der Waals surface area contributed by atoms with Crippen molar-refractivity contribution in [2.45, 2.75) is 26.9 Å². The molecule has 0 saturated heterocycles. The molecule has 1 N–H and O–H groups in total. The van der Waals surface area contributed by atoms with Gasteiger partial charge in [0.2, 0.25) is 5.91 Å². The van der Waals surface area contributed by atoms with E-state index in [0.717, 1.165) is 6.54 Å². The summed E-state index contributed by atoms with van der Waals surface area (Å²) in [6.07, 6.45) is 0.241. The second kappa shape index (κ2) is 13.3. The van der Waals surface area contributed by atoms with E-state index in [-0.39, 0.29) is 12.0 Å². The third kappa shape index (κ3) is 13.7. The highest BCUT2D eigenvalue weighted by atomic mass is 16.5. The molecule has 0 fully saturated rings. The summed E-state index contributed by atoms with van der Waals surface area (Å²) >= 11 is 0. The lowest BCUT2D eigenvalue weighted by molar-refractivity contribution is -0.122. The van der Waals surface area contributed by atoms with Gasteiger partial charge in [-0.2, -0.15) is 0 Å². The van der Waals surface area contributed by atoms with Gasteiger partial charge in [0.25, 0.3) is 0 Å². The fourth-order valence-corrected chi connectivity index (χ4v) is 1.34. The molecule has 1 amide bonds. The summed E-state index contributed by atoms with van der Waals surface area (Å²) in [6, 6.07) is 0. The Bertz CT molecular complexity index is 237. The summed E-state index contributed by atoms with van der Waals surface area (Å²) in [5, 5.41) is 2.81. The summed E-state index contributed by atoms with van der Waals surface area (Å²) in [5.41, 5.74) is 0. The molecule has 0 unspecified atom stereocenters. The molecular weight excluding hydrogens is 260 g/mol. The van der Waals surface area contributed by atoms with Crippen molar-refractivity contribution in [3.05, 3.63) is 0 Å². The van der Waals surface area contributed by atoms with Crippen molar-refractivity contribution in [3.8, 4) is 0 Å². The van der Waals surface area contributed by atoms with Gasteiger partial charge in [0, 0.05) is 6.54 Å². The summed E-state index contributed by atoms with van der Waals surface area (Å²) < 4.78 is 16.0. The molecule has 0 aromatic rings. The Labute approximate surface area is 122 Å². The molecule has 0 radical (unpaired) electrons. The van der Waals surface area contributed by atoms with E-state index >= 15 is 0 Å². The van der Waals surface area contributed by atoms with Crippen molar-refractivity contribution in [1.82, 2.24) is 10.2 Å². The van der Waals surface area contributed by atoms with Gasteiger partial charge in [0.05, 0.1) is 45.7 Å². The molecule has 0 aliphatic rings. The zero-order valence-corrected chi connectivity index (χ0v) is 13.3. The van der Waals surface area contributed by atoms with Crippen LogP contribution in [0.4, 0.5) is 0 Å². The van der Waals surface area contributed by atoms with Gasteiger partial charge in [-0.25, -0.2) is 0 Å². The summed E-state index contributed by atoms with van der Waals surface area (Å²) in [6.45, 7) is 10.6. The zero-order valence-electron chi connectivity index (χ0n) is 13.3. The molecule has 0 heterocycles. The molecule has 0 bridgehead atoms. The van der Waals surface area contributed by atoms with E-state index in [0.29, 0.717) is 46.1 Å². The van der Waals surface area contributed by atoms with Crippen LogP contribution in [0, 0.1) is 0 Å². The van der Waals surface area contributed by atoms with Gasteiger partial charge in [-0.15, -0.1) is 0 Å². The number of nitrogens with zero attached hydrogens (tertiary/aromatic N) is 1. The maximum absolute atomic E-state index is 11.4. The van der Waals surface area contributed by atoms with E-state index in [4.69, 9.17) is 14.2 Å². The van der Waals surface area contributed by atoms with Crippen LogP contribution in [-0.2, 0) is 19.0 Å². The first-order chi connectivity index (χ1) is 9.56. The average Bonchev–Trinajstić information content (AvgIpc) is 2.40. The van der Waals surface area contributed by atoms with Gasteiger partial charge in [-0.05, 0) is 27.4 Å². The van der Waals surface area contributed by atoms with E-state index in [9.17, 15) is 4.79 Å². The van der Waals surface area contributed by atoms with Crippen LogP contribution < -0.4 is 5.32 Å².